The highest BCUT2D eigenvalue weighted by Gasteiger charge is 2.20. The molecule has 1 aromatic carbocycles. The number of aryl methyl sites for hydroxylation is 2. The molecule has 0 aliphatic rings. The molecule has 3 N–H and O–H groups in total. The SMILES string of the molecule is Cn1nccc1CCC(NN)c1c(F)cc(F)cc1F. The van der Waals surface area contributed by atoms with Crippen LogP contribution in [0.3, 0.4) is 0 Å². The van der Waals surface area contributed by atoms with Gasteiger partial charge >= 0.3 is 0 Å². The number of nitrogens with one attached hydrogen (secondary N) is 1. The second kappa shape index (κ2) is 6.06. The first kappa shape index (κ1) is 14.5. The van der Waals surface area contributed by atoms with E-state index in [4.69, 9.17) is 5.84 Å². The Morgan fingerprint density at radius 2 is 1.95 bits per heavy atom. The minimum absolute atomic E-state index is 0.254. The molecule has 0 aliphatic heterocycles. The highest BCUT2D eigenvalue weighted by atomic mass is 19.1. The van der Waals surface area contributed by atoms with Crippen molar-refractivity contribution in [3.8, 4) is 0 Å². The summed E-state index contributed by atoms with van der Waals surface area (Å²) in [4.78, 5) is 0. The van der Waals surface area contributed by atoms with Gasteiger partial charge in [0.2, 0.25) is 0 Å². The first-order valence-corrected chi connectivity index (χ1v) is 6.10. The second-order valence-electron chi connectivity index (χ2n) is 4.49. The Kier molecular flexibility index (Phi) is 4.41. The van der Waals surface area contributed by atoms with Gasteiger partial charge in [-0.25, -0.2) is 13.2 Å². The van der Waals surface area contributed by atoms with Gasteiger partial charge in [0, 0.05) is 36.6 Å². The molecule has 1 atom stereocenters. The lowest BCUT2D eigenvalue weighted by atomic mass is 10.00. The van der Waals surface area contributed by atoms with Crippen LogP contribution in [-0.4, -0.2) is 9.78 Å². The van der Waals surface area contributed by atoms with Gasteiger partial charge in [-0.05, 0) is 18.9 Å². The zero-order valence-corrected chi connectivity index (χ0v) is 10.9. The number of halogens is 3. The van der Waals surface area contributed by atoms with Crippen LogP contribution in [-0.2, 0) is 13.5 Å². The summed E-state index contributed by atoms with van der Waals surface area (Å²) in [5.41, 5.74) is 3.03. The number of rotatable bonds is 5. The number of nitrogens with two attached hydrogens (primary N) is 1. The summed E-state index contributed by atoms with van der Waals surface area (Å²) in [5.74, 6) is 2.51. The lowest BCUT2D eigenvalue weighted by Crippen LogP contribution is -2.30. The Morgan fingerprint density at radius 3 is 2.45 bits per heavy atom. The Bertz CT molecular complexity index is 574. The van der Waals surface area contributed by atoms with Crippen molar-refractivity contribution in [1.29, 1.82) is 0 Å². The molecule has 2 rings (SSSR count). The third-order valence-electron chi connectivity index (χ3n) is 3.21. The van der Waals surface area contributed by atoms with E-state index in [0.29, 0.717) is 25.0 Å². The molecule has 0 aliphatic carbocycles. The van der Waals surface area contributed by atoms with Crippen molar-refractivity contribution >= 4 is 0 Å². The minimum Gasteiger partial charge on any atom is -0.273 e. The smallest absolute Gasteiger partial charge is 0.133 e. The molecular formula is C13H15F3N4. The van der Waals surface area contributed by atoms with Gasteiger partial charge in [0.1, 0.15) is 17.5 Å². The lowest BCUT2D eigenvalue weighted by molar-refractivity contribution is 0.442. The van der Waals surface area contributed by atoms with E-state index in [-0.39, 0.29) is 5.56 Å². The summed E-state index contributed by atoms with van der Waals surface area (Å²) in [6.45, 7) is 0. The van der Waals surface area contributed by atoms with Crippen LogP contribution in [0.5, 0.6) is 0 Å². The van der Waals surface area contributed by atoms with Crippen molar-refractivity contribution in [2.75, 3.05) is 0 Å². The van der Waals surface area contributed by atoms with E-state index in [1.165, 1.54) is 0 Å². The van der Waals surface area contributed by atoms with E-state index in [0.717, 1.165) is 5.69 Å². The lowest BCUT2D eigenvalue weighted by Gasteiger charge is -2.17. The van der Waals surface area contributed by atoms with Crippen LogP contribution in [0.15, 0.2) is 24.4 Å². The number of nitrogens with zero attached hydrogens (tertiary/aromatic N) is 2. The average molecular weight is 284 g/mol. The molecule has 0 spiro atoms. The fraction of sp³-hybridized carbons (Fsp3) is 0.308. The minimum atomic E-state index is -0.953. The van der Waals surface area contributed by atoms with E-state index >= 15 is 0 Å². The summed E-state index contributed by atoms with van der Waals surface area (Å²) in [6, 6.07) is 2.36. The van der Waals surface area contributed by atoms with E-state index in [1.54, 1.807) is 17.9 Å². The van der Waals surface area contributed by atoms with Gasteiger partial charge in [0.05, 0.1) is 6.04 Å². The van der Waals surface area contributed by atoms with Crippen molar-refractivity contribution in [3.05, 3.63) is 53.1 Å². The monoisotopic (exact) mass is 284 g/mol. The van der Waals surface area contributed by atoms with Crippen molar-refractivity contribution in [2.45, 2.75) is 18.9 Å². The number of hydrogen-bond donors (Lipinski definition) is 2. The van der Waals surface area contributed by atoms with Gasteiger partial charge in [0.15, 0.2) is 0 Å². The Hall–Kier alpha value is -1.86. The summed E-state index contributed by atoms with van der Waals surface area (Å²) < 4.78 is 42.0. The Morgan fingerprint density at radius 1 is 1.30 bits per heavy atom. The fourth-order valence-corrected chi connectivity index (χ4v) is 2.14. The number of hydrazine groups is 1. The average Bonchev–Trinajstić information content (AvgIpc) is 2.78. The largest absolute Gasteiger partial charge is 0.273 e. The summed E-state index contributed by atoms with van der Waals surface area (Å²) in [6.07, 6.45) is 2.52. The van der Waals surface area contributed by atoms with E-state index in [9.17, 15) is 13.2 Å². The molecule has 108 valence electrons. The molecule has 4 nitrogen and oxygen atoms in total. The standard InChI is InChI=1S/C13H15F3N4/c1-20-9(4-5-18-20)2-3-12(19-17)13-10(15)6-8(14)7-11(13)16/h4-7,12,19H,2-3,17H2,1H3. The Labute approximate surface area is 114 Å². The van der Waals surface area contributed by atoms with E-state index < -0.39 is 23.5 Å². The summed E-state index contributed by atoms with van der Waals surface area (Å²) in [5, 5.41) is 4.01. The molecule has 0 saturated heterocycles. The third-order valence-corrected chi connectivity index (χ3v) is 3.21. The summed E-state index contributed by atoms with van der Waals surface area (Å²) >= 11 is 0. The predicted molar refractivity (Wildman–Crippen MR) is 67.9 cm³/mol. The zero-order valence-electron chi connectivity index (χ0n) is 10.9. The molecule has 0 radical (unpaired) electrons. The second-order valence-corrected chi connectivity index (χ2v) is 4.49. The van der Waals surface area contributed by atoms with E-state index in [2.05, 4.69) is 10.5 Å². The topological polar surface area (TPSA) is 55.9 Å². The van der Waals surface area contributed by atoms with Gasteiger partial charge in [-0.3, -0.25) is 16.0 Å². The van der Waals surface area contributed by atoms with Gasteiger partial charge in [-0.15, -0.1) is 0 Å². The first-order chi connectivity index (χ1) is 9.52. The van der Waals surface area contributed by atoms with Crippen molar-refractivity contribution < 1.29 is 13.2 Å². The maximum atomic E-state index is 13.7. The molecule has 0 fully saturated rings. The van der Waals surface area contributed by atoms with Crippen LogP contribution < -0.4 is 11.3 Å². The van der Waals surface area contributed by atoms with Gasteiger partial charge < -0.3 is 0 Å². The van der Waals surface area contributed by atoms with Crippen LogP contribution in [0, 0.1) is 17.5 Å². The number of hydrogen-bond acceptors (Lipinski definition) is 3. The fourth-order valence-electron chi connectivity index (χ4n) is 2.14. The summed E-state index contributed by atoms with van der Waals surface area (Å²) in [7, 11) is 1.78. The number of aromatic nitrogens is 2. The van der Waals surface area contributed by atoms with Crippen LogP contribution in [0.1, 0.15) is 23.7 Å². The quantitative estimate of drug-likeness (QED) is 0.652. The Balaban J connectivity index is 2.18. The molecule has 20 heavy (non-hydrogen) atoms. The maximum Gasteiger partial charge on any atom is 0.133 e. The zero-order chi connectivity index (χ0) is 14.7. The third kappa shape index (κ3) is 3.00. The van der Waals surface area contributed by atoms with Gasteiger partial charge in [0.25, 0.3) is 0 Å². The molecule has 0 amide bonds. The van der Waals surface area contributed by atoms with E-state index in [1.807, 2.05) is 6.07 Å². The molecule has 0 bridgehead atoms. The molecule has 1 aromatic heterocycles. The highest BCUT2D eigenvalue weighted by molar-refractivity contribution is 5.24. The molecule has 7 heteroatoms. The van der Waals surface area contributed by atoms with Crippen molar-refractivity contribution in [2.24, 2.45) is 12.9 Å². The van der Waals surface area contributed by atoms with Gasteiger partial charge in [-0.1, -0.05) is 0 Å². The number of benzene rings is 1. The molecule has 2 aromatic rings. The van der Waals surface area contributed by atoms with Crippen molar-refractivity contribution in [1.82, 2.24) is 15.2 Å². The first-order valence-electron chi connectivity index (χ1n) is 6.10. The molecule has 0 saturated carbocycles. The van der Waals surface area contributed by atoms with Crippen molar-refractivity contribution in [3.63, 3.8) is 0 Å². The van der Waals surface area contributed by atoms with Crippen LogP contribution in [0.4, 0.5) is 13.2 Å². The van der Waals surface area contributed by atoms with Gasteiger partial charge in [-0.2, -0.15) is 5.10 Å². The molecule has 1 unspecified atom stereocenters. The highest BCUT2D eigenvalue weighted by Crippen LogP contribution is 2.25. The van der Waals surface area contributed by atoms with Crippen LogP contribution in [0.2, 0.25) is 0 Å². The molecular weight excluding hydrogens is 269 g/mol. The van der Waals surface area contributed by atoms with Crippen LogP contribution in [0.25, 0.3) is 0 Å². The predicted octanol–water partition coefficient (Wildman–Crippen LogP) is 1.97. The normalized spacial score (nSPS) is 12.7. The maximum absolute atomic E-state index is 13.7. The van der Waals surface area contributed by atoms with Crippen LogP contribution >= 0.6 is 0 Å². The molecule has 1 heterocycles.